The first-order valence-electron chi connectivity index (χ1n) is 9.73. The topological polar surface area (TPSA) is 44.1 Å². The number of benzene rings is 1. The normalized spacial score (nSPS) is 18.8. The summed E-state index contributed by atoms with van der Waals surface area (Å²) in [6.07, 6.45) is 5.26. The summed E-state index contributed by atoms with van der Waals surface area (Å²) in [5.41, 5.74) is 2.30. The molecule has 1 saturated heterocycles. The maximum atomic E-state index is 13.4. The fourth-order valence-corrected chi connectivity index (χ4v) is 6.32. The summed E-state index contributed by atoms with van der Waals surface area (Å²) in [5, 5.41) is 1.55. The van der Waals surface area contributed by atoms with E-state index in [2.05, 4.69) is 0 Å². The zero-order valence-corrected chi connectivity index (χ0v) is 17.1. The highest BCUT2D eigenvalue weighted by molar-refractivity contribution is 7.98. The largest absolute Gasteiger partial charge is 0.376 e. The fraction of sp³-hybridized carbons (Fsp3) is 0.429. The average molecular weight is 417 g/mol. The van der Waals surface area contributed by atoms with Crippen molar-refractivity contribution in [3.63, 3.8) is 0 Å². The number of aryl methyl sites for hydroxylation is 2. The van der Waals surface area contributed by atoms with Gasteiger partial charge in [-0.25, -0.2) is 9.37 Å². The molecule has 0 unspecified atom stereocenters. The van der Waals surface area contributed by atoms with Crippen LogP contribution in [-0.2, 0) is 29.9 Å². The highest BCUT2D eigenvalue weighted by atomic mass is 32.2. The van der Waals surface area contributed by atoms with Crippen LogP contribution in [0.4, 0.5) is 4.39 Å². The predicted molar refractivity (Wildman–Crippen MR) is 111 cm³/mol. The van der Waals surface area contributed by atoms with E-state index >= 15 is 0 Å². The lowest BCUT2D eigenvalue weighted by molar-refractivity contribution is 0.0937. The van der Waals surface area contributed by atoms with E-state index in [0.29, 0.717) is 12.3 Å². The van der Waals surface area contributed by atoms with E-state index in [0.717, 1.165) is 59.6 Å². The van der Waals surface area contributed by atoms with Crippen LogP contribution in [0.2, 0.25) is 0 Å². The molecular formula is C21H21FN2O2S2. The van der Waals surface area contributed by atoms with Gasteiger partial charge in [-0.1, -0.05) is 23.9 Å². The first kappa shape index (κ1) is 18.3. The molecule has 7 heteroatoms. The summed E-state index contributed by atoms with van der Waals surface area (Å²) < 4.78 is 20.8. The lowest BCUT2D eigenvalue weighted by Crippen LogP contribution is -2.28. The minimum Gasteiger partial charge on any atom is -0.376 e. The predicted octanol–water partition coefficient (Wildman–Crippen LogP) is 4.56. The molecular weight excluding hydrogens is 395 g/mol. The second-order valence-electron chi connectivity index (χ2n) is 7.40. The molecule has 4 nitrogen and oxygen atoms in total. The molecule has 5 rings (SSSR count). The van der Waals surface area contributed by atoms with Gasteiger partial charge < -0.3 is 4.74 Å². The number of fused-ring (bicyclic) bond motifs is 3. The molecule has 1 aliphatic carbocycles. The van der Waals surface area contributed by atoms with Crippen LogP contribution < -0.4 is 5.56 Å². The third-order valence-electron chi connectivity index (χ3n) is 5.48. The van der Waals surface area contributed by atoms with Gasteiger partial charge in [0.05, 0.1) is 18.0 Å². The van der Waals surface area contributed by atoms with Crippen molar-refractivity contribution in [2.45, 2.75) is 55.7 Å². The lowest BCUT2D eigenvalue weighted by Gasteiger charge is -2.16. The molecule has 3 heterocycles. The molecule has 0 N–H and O–H groups in total. The van der Waals surface area contributed by atoms with E-state index in [-0.39, 0.29) is 17.5 Å². The fourth-order valence-electron chi connectivity index (χ4n) is 4.05. The van der Waals surface area contributed by atoms with Gasteiger partial charge in [-0.05, 0) is 55.4 Å². The molecule has 3 aromatic rings. The molecule has 146 valence electrons. The van der Waals surface area contributed by atoms with Crippen LogP contribution in [0.3, 0.4) is 0 Å². The Morgan fingerprint density at radius 3 is 2.89 bits per heavy atom. The van der Waals surface area contributed by atoms with Crippen molar-refractivity contribution >= 4 is 33.3 Å². The maximum Gasteiger partial charge on any atom is 0.263 e. The number of hydrogen-bond donors (Lipinski definition) is 0. The molecule has 1 aromatic carbocycles. The van der Waals surface area contributed by atoms with Crippen LogP contribution in [0.5, 0.6) is 0 Å². The third kappa shape index (κ3) is 3.40. The summed E-state index contributed by atoms with van der Waals surface area (Å²) in [5.74, 6) is 0.408. The van der Waals surface area contributed by atoms with Gasteiger partial charge in [-0.2, -0.15) is 0 Å². The van der Waals surface area contributed by atoms with Crippen molar-refractivity contribution in [2.75, 3.05) is 6.61 Å². The number of halogens is 1. The molecule has 0 saturated carbocycles. The molecule has 1 atom stereocenters. The van der Waals surface area contributed by atoms with Gasteiger partial charge in [0, 0.05) is 17.2 Å². The Morgan fingerprint density at radius 1 is 1.25 bits per heavy atom. The first-order valence-corrected chi connectivity index (χ1v) is 11.5. The Balaban J connectivity index is 1.53. The second-order valence-corrected chi connectivity index (χ2v) is 9.42. The maximum absolute atomic E-state index is 13.4. The second kappa shape index (κ2) is 7.61. The minimum absolute atomic E-state index is 0.0708. The zero-order valence-electron chi connectivity index (χ0n) is 15.4. The minimum atomic E-state index is -0.239. The lowest BCUT2D eigenvalue weighted by atomic mass is 10.2. The number of thiophene rings is 1. The van der Waals surface area contributed by atoms with Crippen molar-refractivity contribution in [1.29, 1.82) is 0 Å². The number of aromatic nitrogens is 2. The van der Waals surface area contributed by atoms with Crippen molar-refractivity contribution in [1.82, 2.24) is 9.55 Å². The van der Waals surface area contributed by atoms with Gasteiger partial charge in [-0.15, -0.1) is 11.3 Å². The molecule has 2 aromatic heterocycles. The molecule has 28 heavy (non-hydrogen) atoms. The smallest absolute Gasteiger partial charge is 0.263 e. The van der Waals surface area contributed by atoms with E-state index in [4.69, 9.17) is 9.72 Å². The first-order chi connectivity index (χ1) is 13.7. The number of thioether (sulfide) groups is 1. The van der Waals surface area contributed by atoms with Crippen LogP contribution in [0.1, 0.15) is 35.3 Å². The summed E-state index contributed by atoms with van der Waals surface area (Å²) in [6, 6.07) is 6.50. The van der Waals surface area contributed by atoms with Crippen molar-refractivity contribution in [3.8, 4) is 0 Å². The highest BCUT2D eigenvalue weighted by Gasteiger charge is 2.25. The van der Waals surface area contributed by atoms with Gasteiger partial charge in [0.15, 0.2) is 5.16 Å². The molecule has 0 radical (unpaired) electrons. The van der Waals surface area contributed by atoms with Crippen molar-refractivity contribution < 1.29 is 9.13 Å². The SMILES string of the molecule is O=c1c2c3c(sc2nc(SCc2ccc(F)cc2)n1C[C@H]1CCCO1)CCC3. The summed E-state index contributed by atoms with van der Waals surface area (Å²) in [4.78, 5) is 20.5. The number of ether oxygens (including phenoxy) is 1. The van der Waals surface area contributed by atoms with Gasteiger partial charge in [-0.3, -0.25) is 9.36 Å². The molecule has 0 bridgehead atoms. The van der Waals surface area contributed by atoms with E-state index in [1.165, 1.54) is 34.3 Å². The monoisotopic (exact) mass is 416 g/mol. The van der Waals surface area contributed by atoms with Crippen molar-refractivity contribution in [2.24, 2.45) is 0 Å². The highest BCUT2D eigenvalue weighted by Crippen LogP contribution is 2.36. The van der Waals surface area contributed by atoms with Crippen molar-refractivity contribution in [3.05, 3.63) is 56.4 Å². The van der Waals surface area contributed by atoms with Crippen LogP contribution in [0.25, 0.3) is 10.2 Å². The summed E-state index contributed by atoms with van der Waals surface area (Å²) >= 11 is 3.21. The van der Waals surface area contributed by atoms with E-state index in [1.807, 2.05) is 4.57 Å². The Labute approximate surface area is 170 Å². The molecule has 0 spiro atoms. The van der Waals surface area contributed by atoms with E-state index in [9.17, 15) is 9.18 Å². The van der Waals surface area contributed by atoms with Crippen LogP contribution in [-0.4, -0.2) is 22.3 Å². The molecule has 0 amide bonds. The quantitative estimate of drug-likeness (QED) is 0.452. The van der Waals surface area contributed by atoms with Crippen LogP contribution >= 0.6 is 23.1 Å². The molecule has 1 fully saturated rings. The van der Waals surface area contributed by atoms with Gasteiger partial charge >= 0.3 is 0 Å². The third-order valence-corrected chi connectivity index (χ3v) is 7.71. The summed E-state index contributed by atoms with van der Waals surface area (Å²) in [6.45, 7) is 1.32. The van der Waals surface area contributed by atoms with E-state index < -0.39 is 0 Å². The summed E-state index contributed by atoms with van der Waals surface area (Å²) in [7, 11) is 0. The Morgan fingerprint density at radius 2 is 2.11 bits per heavy atom. The Hall–Kier alpha value is -1.70. The zero-order chi connectivity index (χ0) is 19.1. The number of rotatable bonds is 5. The van der Waals surface area contributed by atoms with Crippen LogP contribution in [0.15, 0.2) is 34.2 Å². The van der Waals surface area contributed by atoms with Gasteiger partial charge in [0.1, 0.15) is 10.6 Å². The average Bonchev–Trinajstić information content (AvgIpc) is 3.41. The number of nitrogens with zero attached hydrogens (tertiary/aromatic N) is 2. The Bertz CT molecular complexity index is 1070. The number of hydrogen-bond acceptors (Lipinski definition) is 5. The van der Waals surface area contributed by atoms with E-state index in [1.54, 1.807) is 23.5 Å². The Kier molecular flexibility index (Phi) is 4.99. The van der Waals surface area contributed by atoms with Crippen LogP contribution in [0, 0.1) is 5.82 Å². The van der Waals surface area contributed by atoms with Gasteiger partial charge in [0.25, 0.3) is 5.56 Å². The van der Waals surface area contributed by atoms with Gasteiger partial charge in [0.2, 0.25) is 0 Å². The molecule has 1 aliphatic heterocycles. The standard InChI is InChI=1S/C21H21FN2O2S2/c22-14-8-6-13(7-9-14)12-27-21-23-19-18(16-4-1-5-17(16)28-19)20(25)24(21)11-15-3-2-10-26-15/h6-9,15H,1-5,10-12H2/t15-/m1/s1. The molecule has 2 aliphatic rings.